The zero-order valence-corrected chi connectivity index (χ0v) is 9.64. The molecule has 0 aliphatic rings. The zero-order chi connectivity index (χ0) is 13.5. The maximum absolute atomic E-state index is 12.4. The van der Waals surface area contributed by atoms with Gasteiger partial charge in [0, 0.05) is 5.69 Å². The first-order valence-corrected chi connectivity index (χ1v) is 5.12. The highest BCUT2D eigenvalue weighted by atomic mass is 19.4. The number of hydrogen-bond donors (Lipinski definition) is 2. The van der Waals surface area contributed by atoms with Crippen LogP contribution in [0, 0.1) is 13.8 Å². The van der Waals surface area contributed by atoms with Crippen molar-refractivity contribution in [2.75, 3.05) is 0 Å². The van der Waals surface area contributed by atoms with Gasteiger partial charge < -0.3 is 4.98 Å². The van der Waals surface area contributed by atoms with Gasteiger partial charge in [0.1, 0.15) is 5.69 Å². The summed E-state index contributed by atoms with van der Waals surface area (Å²) in [5.74, 6) is 0. The predicted molar refractivity (Wildman–Crippen MR) is 59.1 cm³/mol. The number of aromatic nitrogens is 3. The largest absolute Gasteiger partial charge is 0.432 e. The lowest BCUT2D eigenvalue weighted by atomic mass is 10.1. The summed E-state index contributed by atoms with van der Waals surface area (Å²) in [5.41, 5.74) is -0.0673. The number of aryl methyl sites for hydroxylation is 2. The van der Waals surface area contributed by atoms with Crippen LogP contribution in [0.5, 0.6) is 0 Å². The van der Waals surface area contributed by atoms with E-state index in [0.29, 0.717) is 11.3 Å². The lowest BCUT2D eigenvalue weighted by molar-refractivity contribution is -0.141. The van der Waals surface area contributed by atoms with Gasteiger partial charge in [0.2, 0.25) is 0 Å². The molecule has 0 aliphatic carbocycles. The Morgan fingerprint density at radius 1 is 1.22 bits per heavy atom. The molecule has 0 atom stereocenters. The van der Waals surface area contributed by atoms with Crippen molar-refractivity contribution in [2.45, 2.75) is 20.0 Å². The minimum absolute atomic E-state index is 0.0129. The molecular formula is C11H10F3N3O. The molecule has 96 valence electrons. The molecule has 2 rings (SSSR count). The number of halogens is 3. The van der Waals surface area contributed by atoms with Crippen LogP contribution in [0.1, 0.15) is 17.0 Å². The number of H-pyrrole nitrogens is 2. The molecule has 18 heavy (non-hydrogen) atoms. The van der Waals surface area contributed by atoms with Crippen LogP contribution in [0.25, 0.3) is 11.3 Å². The first-order valence-electron chi connectivity index (χ1n) is 5.12. The Morgan fingerprint density at radius 3 is 2.39 bits per heavy atom. The Labute approximate surface area is 99.9 Å². The lowest BCUT2D eigenvalue weighted by Gasteiger charge is -2.02. The van der Waals surface area contributed by atoms with Crippen molar-refractivity contribution in [2.24, 2.45) is 0 Å². The molecule has 2 N–H and O–H groups in total. The van der Waals surface area contributed by atoms with Gasteiger partial charge in [0.05, 0.1) is 11.3 Å². The van der Waals surface area contributed by atoms with Crippen LogP contribution in [0.15, 0.2) is 16.9 Å². The van der Waals surface area contributed by atoms with Gasteiger partial charge >= 0.3 is 6.18 Å². The van der Waals surface area contributed by atoms with Gasteiger partial charge in [-0.25, -0.2) is 0 Å². The number of nitrogens with zero attached hydrogens (tertiary/aromatic N) is 1. The van der Waals surface area contributed by atoms with E-state index in [2.05, 4.69) is 10.1 Å². The van der Waals surface area contributed by atoms with E-state index in [0.717, 1.165) is 6.07 Å². The molecule has 0 spiro atoms. The van der Waals surface area contributed by atoms with Crippen molar-refractivity contribution in [1.82, 2.24) is 15.2 Å². The molecule has 2 aromatic heterocycles. The molecule has 0 fully saturated rings. The topological polar surface area (TPSA) is 61.5 Å². The van der Waals surface area contributed by atoms with Crippen LogP contribution in [-0.4, -0.2) is 15.2 Å². The SMILES string of the molecule is Cc1cc(C)c(-c2cc(C(F)(F)F)[nH]n2)c(=O)[nH]1. The molecule has 7 heteroatoms. The van der Waals surface area contributed by atoms with Gasteiger partial charge in [-0.2, -0.15) is 18.3 Å². The third kappa shape index (κ3) is 2.15. The van der Waals surface area contributed by atoms with E-state index in [9.17, 15) is 18.0 Å². The van der Waals surface area contributed by atoms with E-state index in [1.165, 1.54) is 0 Å². The number of alkyl halides is 3. The second-order valence-corrected chi connectivity index (χ2v) is 4.00. The quantitative estimate of drug-likeness (QED) is 0.824. The molecule has 0 amide bonds. The molecule has 0 bridgehead atoms. The third-order valence-electron chi connectivity index (χ3n) is 2.50. The van der Waals surface area contributed by atoms with Crippen LogP contribution in [0.4, 0.5) is 13.2 Å². The number of rotatable bonds is 1. The van der Waals surface area contributed by atoms with Crippen molar-refractivity contribution in [3.8, 4) is 11.3 Å². The predicted octanol–water partition coefficient (Wildman–Crippen LogP) is 2.40. The highest BCUT2D eigenvalue weighted by Crippen LogP contribution is 2.30. The average molecular weight is 257 g/mol. The summed E-state index contributed by atoms with van der Waals surface area (Å²) in [5, 5.41) is 5.42. The summed E-state index contributed by atoms with van der Waals surface area (Å²) in [6.45, 7) is 3.35. The highest BCUT2D eigenvalue weighted by molar-refractivity contribution is 5.62. The molecule has 0 radical (unpaired) electrons. The van der Waals surface area contributed by atoms with Crippen LogP contribution < -0.4 is 5.56 Å². The second kappa shape index (κ2) is 4.01. The minimum atomic E-state index is -4.50. The monoisotopic (exact) mass is 257 g/mol. The fourth-order valence-electron chi connectivity index (χ4n) is 1.77. The Morgan fingerprint density at radius 2 is 1.89 bits per heavy atom. The molecule has 0 aliphatic heterocycles. The fourth-order valence-corrected chi connectivity index (χ4v) is 1.77. The van der Waals surface area contributed by atoms with Crippen molar-refractivity contribution in [3.05, 3.63) is 39.4 Å². The molecule has 4 nitrogen and oxygen atoms in total. The molecule has 0 saturated heterocycles. The average Bonchev–Trinajstić information content (AvgIpc) is 2.64. The zero-order valence-electron chi connectivity index (χ0n) is 9.64. The first-order chi connectivity index (χ1) is 8.29. The van der Waals surface area contributed by atoms with E-state index in [-0.39, 0.29) is 11.3 Å². The van der Waals surface area contributed by atoms with Crippen molar-refractivity contribution < 1.29 is 13.2 Å². The maximum Gasteiger partial charge on any atom is 0.432 e. The van der Waals surface area contributed by atoms with Crippen LogP contribution in [-0.2, 0) is 6.18 Å². The third-order valence-corrected chi connectivity index (χ3v) is 2.50. The molecule has 0 aromatic carbocycles. The fraction of sp³-hybridized carbons (Fsp3) is 0.273. The summed E-state index contributed by atoms with van der Waals surface area (Å²) in [6, 6.07) is 2.51. The first kappa shape index (κ1) is 12.4. The maximum atomic E-state index is 12.4. The highest BCUT2D eigenvalue weighted by Gasteiger charge is 2.33. The van der Waals surface area contributed by atoms with E-state index in [1.54, 1.807) is 19.9 Å². The molecular weight excluding hydrogens is 247 g/mol. The summed E-state index contributed by atoms with van der Waals surface area (Å²) >= 11 is 0. The van der Waals surface area contributed by atoms with Gasteiger partial charge in [-0.05, 0) is 31.5 Å². The lowest BCUT2D eigenvalue weighted by Crippen LogP contribution is -2.12. The van der Waals surface area contributed by atoms with Gasteiger partial charge in [0.15, 0.2) is 0 Å². The number of pyridine rings is 1. The van der Waals surface area contributed by atoms with Gasteiger partial charge in [0.25, 0.3) is 5.56 Å². The van der Waals surface area contributed by atoms with Crippen molar-refractivity contribution >= 4 is 0 Å². The van der Waals surface area contributed by atoms with E-state index >= 15 is 0 Å². The Kier molecular flexibility index (Phi) is 2.76. The van der Waals surface area contributed by atoms with Crippen LogP contribution in [0.3, 0.4) is 0 Å². The Balaban J connectivity index is 2.57. The molecule has 2 heterocycles. The second-order valence-electron chi connectivity index (χ2n) is 4.00. The summed E-state index contributed by atoms with van der Waals surface area (Å²) < 4.78 is 37.3. The molecule has 0 unspecified atom stereocenters. The van der Waals surface area contributed by atoms with E-state index in [4.69, 9.17) is 0 Å². The molecule has 0 saturated carbocycles. The summed E-state index contributed by atoms with van der Waals surface area (Å²) in [6.07, 6.45) is -4.50. The number of nitrogens with one attached hydrogen (secondary N) is 2. The number of hydrogen-bond acceptors (Lipinski definition) is 2. The standard InChI is InChI=1S/C11H10F3N3O/c1-5-3-6(2)15-10(18)9(5)7-4-8(17-16-7)11(12,13)14/h3-4H,1-2H3,(H,15,18)(H,16,17). The molecule has 2 aromatic rings. The van der Waals surface area contributed by atoms with Gasteiger partial charge in [-0.1, -0.05) is 0 Å². The normalized spacial score (nSPS) is 11.8. The van der Waals surface area contributed by atoms with Crippen molar-refractivity contribution in [3.63, 3.8) is 0 Å². The Bertz CT molecular complexity index is 640. The van der Waals surface area contributed by atoms with E-state index < -0.39 is 17.4 Å². The van der Waals surface area contributed by atoms with Crippen molar-refractivity contribution in [1.29, 1.82) is 0 Å². The number of aromatic amines is 2. The van der Waals surface area contributed by atoms with Crippen LogP contribution in [0.2, 0.25) is 0 Å². The minimum Gasteiger partial charge on any atom is -0.326 e. The summed E-state index contributed by atoms with van der Waals surface area (Å²) in [4.78, 5) is 14.3. The van der Waals surface area contributed by atoms with Gasteiger partial charge in [-0.15, -0.1) is 0 Å². The Hall–Kier alpha value is -2.05. The van der Waals surface area contributed by atoms with E-state index in [1.807, 2.05) is 5.10 Å². The van der Waals surface area contributed by atoms with Gasteiger partial charge in [-0.3, -0.25) is 9.89 Å². The summed E-state index contributed by atoms with van der Waals surface area (Å²) in [7, 11) is 0. The smallest absolute Gasteiger partial charge is 0.326 e. The van der Waals surface area contributed by atoms with Crippen LogP contribution >= 0.6 is 0 Å².